The predicted molar refractivity (Wildman–Crippen MR) is 113 cm³/mol. The number of nitrogens with one attached hydrogen (secondary N) is 1. The maximum atomic E-state index is 12.5. The summed E-state index contributed by atoms with van der Waals surface area (Å²) in [4.78, 5) is 15.0. The van der Waals surface area contributed by atoms with Gasteiger partial charge in [-0.2, -0.15) is 5.10 Å². The number of carbonyl (C=O) groups excluding carboxylic acids is 1. The zero-order valence-electron chi connectivity index (χ0n) is 17.8. The molecule has 1 aliphatic rings. The van der Waals surface area contributed by atoms with Crippen LogP contribution in [0.2, 0.25) is 0 Å². The van der Waals surface area contributed by atoms with Crippen molar-refractivity contribution in [3.63, 3.8) is 0 Å². The van der Waals surface area contributed by atoms with Gasteiger partial charge in [0.2, 0.25) is 5.91 Å². The van der Waals surface area contributed by atoms with Crippen LogP contribution in [0.25, 0.3) is 0 Å². The second kappa shape index (κ2) is 9.37. The van der Waals surface area contributed by atoms with Gasteiger partial charge in [0.25, 0.3) is 0 Å². The summed E-state index contributed by atoms with van der Waals surface area (Å²) in [6, 6.07) is 8.62. The van der Waals surface area contributed by atoms with Gasteiger partial charge in [0, 0.05) is 30.9 Å². The van der Waals surface area contributed by atoms with Crippen molar-refractivity contribution in [2.45, 2.75) is 66.6 Å². The highest BCUT2D eigenvalue weighted by Gasteiger charge is 2.15. The van der Waals surface area contributed by atoms with Crippen LogP contribution in [-0.4, -0.2) is 33.7 Å². The molecule has 1 N–H and O–H groups in total. The molecule has 0 atom stereocenters. The van der Waals surface area contributed by atoms with Gasteiger partial charge in [-0.05, 0) is 56.8 Å². The molecular weight excluding hydrogens is 348 g/mol. The number of hydrogen-bond donors (Lipinski definition) is 1. The number of hydrogen-bond acceptors (Lipinski definition) is 3. The molecule has 1 amide bonds. The van der Waals surface area contributed by atoms with E-state index in [2.05, 4.69) is 60.4 Å². The van der Waals surface area contributed by atoms with E-state index >= 15 is 0 Å². The monoisotopic (exact) mass is 382 g/mol. The number of amides is 1. The summed E-state index contributed by atoms with van der Waals surface area (Å²) in [5, 5.41) is 7.66. The number of aryl methyl sites for hydroxylation is 1. The highest BCUT2D eigenvalue weighted by atomic mass is 16.1. The van der Waals surface area contributed by atoms with Crippen molar-refractivity contribution < 1.29 is 4.79 Å². The van der Waals surface area contributed by atoms with Gasteiger partial charge in [-0.1, -0.05) is 38.1 Å². The lowest BCUT2D eigenvalue weighted by Crippen LogP contribution is -2.25. The first-order chi connectivity index (χ1) is 13.4. The SMILES string of the molecule is Cc1nn(CC(C)C)c(C)c1CC(=O)NCc1ccc(CN2CCCC2)cc1. The van der Waals surface area contributed by atoms with Gasteiger partial charge in [0.15, 0.2) is 0 Å². The second-order valence-electron chi connectivity index (χ2n) is 8.48. The molecule has 1 aliphatic heterocycles. The van der Waals surface area contributed by atoms with Crippen molar-refractivity contribution in [2.75, 3.05) is 13.1 Å². The van der Waals surface area contributed by atoms with E-state index in [9.17, 15) is 4.79 Å². The van der Waals surface area contributed by atoms with E-state index in [0.29, 0.717) is 18.9 Å². The Morgan fingerprint density at radius 3 is 2.39 bits per heavy atom. The molecule has 1 aromatic heterocycles. The molecule has 28 heavy (non-hydrogen) atoms. The number of likely N-dealkylation sites (tertiary alicyclic amines) is 1. The Labute approximate surface area is 169 Å². The van der Waals surface area contributed by atoms with Crippen LogP contribution in [0.3, 0.4) is 0 Å². The van der Waals surface area contributed by atoms with Crippen molar-refractivity contribution in [3.05, 3.63) is 52.3 Å². The summed E-state index contributed by atoms with van der Waals surface area (Å²) >= 11 is 0. The van der Waals surface area contributed by atoms with Crippen molar-refractivity contribution in [2.24, 2.45) is 5.92 Å². The standard InChI is InChI=1S/C23H34N4O/c1-17(2)15-27-19(4)22(18(3)25-27)13-23(28)24-14-20-7-9-21(10-8-20)16-26-11-5-6-12-26/h7-10,17H,5-6,11-16H2,1-4H3,(H,24,28). The predicted octanol–water partition coefficient (Wildman–Crippen LogP) is 3.61. The Bertz CT molecular complexity index is 786. The van der Waals surface area contributed by atoms with E-state index in [4.69, 9.17) is 0 Å². The summed E-state index contributed by atoms with van der Waals surface area (Å²) in [5.74, 6) is 0.588. The van der Waals surface area contributed by atoms with Gasteiger partial charge in [0.05, 0.1) is 12.1 Å². The quantitative estimate of drug-likeness (QED) is 0.759. The van der Waals surface area contributed by atoms with Gasteiger partial charge < -0.3 is 5.32 Å². The van der Waals surface area contributed by atoms with Crippen molar-refractivity contribution in [1.29, 1.82) is 0 Å². The summed E-state index contributed by atoms with van der Waals surface area (Å²) in [5.41, 5.74) is 5.61. The van der Waals surface area contributed by atoms with E-state index < -0.39 is 0 Å². The fraction of sp³-hybridized carbons (Fsp3) is 0.565. The Morgan fingerprint density at radius 1 is 1.11 bits per heavy atom. The van der Waals surface area contributed by atoms with E-state index in [1.165, 1.54) is 31.5 Å². The molecule has 1 saturated heterocycles. The molecule has 5 heteroatoms. The molecule has 1 aromatic carbocycles. The average Bonchev–Trinajstić information content (AvgIpc) is 3.25. The zero-order chi connectivity index (χ0) is 20.1. The van der Waals surface area contributed by atoms with E-state index in [1.54, 1.807) is 0 Å². The van der Waals surface area contributed by atoms with Crippen molar-refractivity contribution in [3.8, 4) is 0 Å². The third kappa shape index (κ3) is 5.44. The highest BCUT2D eigenvalue weighted by Crippen LogP contribution is 2.16. The molecule has 0 bridgehead atoms. The summed E-state index contributed by atoms with van der Waals surface area (Å²) in [6.07, 6.45) is 3.03. The first-order valence-corrected chi connectivity index (χ1v) is 10.5. The summed E-state index contributed by atoms with van der Waals surface area (Å²) < 4.78 is 2.03. The van der Waals surface area contributed by atoms with E-state index in [0.717, 1.165) is 35.6 Å². The Balaban J connectivity index is 1.51. The lowest BCUT2D eigenvalue weighted by atomic mass is 10.1. The smallest absolute Gasteiger partial charge is 0.224 e. The maximum absolute atomic E-state index is 12.5. The molecule has 0 unspecified atom stereocenters. The van der Waals surface area contributed by atoms with Crippen LogP contribution in [0.5, 0.6) is 0 Å². The number of nitrogens with zero attached hydrogens (tertiary/aromatic N) is 3. The first-order valence-electron chi connectivity index (χ1n) is 10.5. The van der Waals surface area contributed by atoms with Crippen LogP contribution in [0, 0.1) is 19.8 Å². The molecule has 0 aliphatic carbocycles. The van der Waals surface area contributed by atoms with Crippen LogP contribution < -0.4 is 5.32 Å². The molecule has 0 spiro atoms. The van der Waals surface area contributed by atoms with Crippen molar-refractivity contribution >= 4 is 5.91 Å². The molecule has 3 rings (SSSR count). The lowest BCUT2D eigenvalue weighted by Gasteiger charge is -2.14. The normalized spacial score (nSPS) is 14.8. The van der Waals surface area contributed by atoms with Gasteiger partial charge in [-0.3, -0.25) is 14.4 Å². The molecule has 0 radical (unpaired) electrons. The average molecular weight is 383 g/mol. The Morgan fingerprint density at radius 2 is 1.75 bits per heavy atom. The van der Waals surface area contributed by atoms with Crippen LogP contribution in [0.4, 0.5) is 0 Å². The van der Waals surface area contributed by atoms with Crippen LogP contribution in [-0.2, 0) is 30.8 Å². The number of aromatic nitrogens is 2. The molecule has 2 heterocycles. The number of rotatable bonds is 8. The van der Waals surface area contributed by atoms with Crippen LogP contribution in [0.15, 0.2) is 24.3 Å². The van der Waals surface area contributed by atoms with E-state index in [1.807, 2.05) is 11.6 Å². The van der Waals surface area contributed by atoms with Crippen LogP contribution >= 0.6 is 0 Å². The third-order valence-electron chi connectivity index (χ3n) is 5.52. The van der Waals surface area contributed by atoms with Crippen molar-refractivity contribution in [1.82, 2.24) is 20.0 Å². The minimum Gasteiger partial charge on any atom is -0.352 e. The van der Waals surface area contributed by atoms with Gasteiger partial charge in [0.1, 0.15) is 0 Å². The second-order valence-corrected chi connectivity index (χ2v) is 8.48. The summed E-state index contributed by atoms with van der Waals surface area (Å²) in [6.45, 7) is 13.3. The zero-order valence-corrected chi connectivity index (χ0v) is 17.8. The Hall–Kier alpha value is -2.14. The number of benzene rings is 1. The molecule has 5 nitrogen and oxygen atoms in total. The fourth-order valence-electron chi connectivity index (χ4n) is 3.90. The van der Waals surface area contributed by atoms with Gasteiger partial charge in [-0.15, -0.1) is 0 Å². The van der Waals surface area contributed by atoms with Gasteiger partial charge in [-0.25, -0.2) is 0 Å². The molecule has 1 fully saturated rings. The molecule has 152 valence electrons. The summed E-state index contributed by atoms with van der Waals surface area (Å²) in [7, 11) is 0. The number of carbonyl (C=O) groups is 1. The van der Waals surface area contributed by atoms with Gasteiger partial charge >= 0.3 is 0 Å². The first kappa shape index (κ1) is 20.6. The Kier molecular flexibility index (Phi) is 6.89. The maximum Gasteiger partial charge on any atom is 0.224 e. The minimum atomic E-state index is 0.0523. The molecule has 0 saturated carbocycles. The topological polar surface area (TPSA) is 50.2 Å². The molecular formula is C23H34N4O. The third-order valence-corrected chi connectivity index (χ3v) is 5.52. The van der Waals surface area contributed by atoms with Crippen LogP contribution in [0.1, 0.15) is 54.8 Å². The highest BCUT2D eigenvalue weighted by molar-refractivity contribution is 5.79. The minimum absolute atomic E-state index is 0.0523. The molecule has 2 aromatic rings. The lowest BCUT2D eigenvalue weighted by molar-refractivity contribution is -0.120. The largest absolute Gasteiger partial charge is 0.352 e. The fourth-order valence-corrected chi connectivity index (χ4v) is 3.90. The van der Waals surface area contributed by atoms with E-state index in [-0.39, 0.29) is 5.91 Å².